The molecule has 0 aliphatic rings. The fourth-order valence-electron chi connectivity index (χ4n) is 0. The van der Waals surface area contributed by atoms with Crippen molar-refractivity contribution in [2.24, 2.45) is 5.73 Å². The predicted octanol–water partition coefficient (Wildman–Crippen LogP) is -2.11. The third kappa shape index (κ3) is 2.09. The predicted molar refractivity (Wildman–Crippen MR) is 24.7 cm³/mol. The topological polar surface area (TPSA) is 26.0 Å². The first-order valence-corrected chi connectivity index (χ1v) is 1.62. The Morgan fingerprint density at radius 3 is 2.25 bits per heavy atom. The minimum absolute atomic E-state index is 0.819. The van der Waals surface area contributed by atoms with Gasteiger partial charge in [0.1, 0.15) is 0 Å². The largest absolute Gasteiger partial charge is 0.339 e. The molecule has 0 fully saturated rings. The minimum atomic E-state index is 0.819. The van der Waals surface area contributed by atoms with Crippen LogP contribution >= 0.6 is 0 Å². The molecule has 0 aromatic carbocycles. The van der Waals surface area contributed by atoms with Gasteiger partial charge in [-0.05, 0) is 6.44 Å². The Morgan fingerprint density at radius 2 is 2.25 bits per heavy atom. The lowest BCUT2D eigenvalue weighted by atomic mass is 9.56. The van der Waals surface area contributed by atoms with Gasteiger partial charge in [0.05, 0.1) is 14.9 Å². The molecule has 0 spiro atoms. The van der Waals surface area contributed by atoms with Crippen LogP contribution in [0.1, 0.15) is 0 Å². The summed E-state index contributed by atoms with van der Waals surface area (Å²) in [7, 11) is 3.15. The Balaban J connectivity index is 1.97. The number of nitrogens with two attached hydrogens (primary N) is 1. The van der Waals surface area contributed by atoms with E-state index in [0.29, 0.717) is 0 Å². The van der Waals surface area contributed by atoms with Gasteiger partial charge in [-0.2, -0.15) is 0 Å². The standard InChI is InChI=1S/CH7B2N/c2-3-1-4/h3H,1-2,4H2. The van der Waals surface area contributed by atoms with E-state index in [1.54, 1.807) is 0 Å². The molecule has 0 aliphatic carbocycles. The summed E-state index contributed by atoms with van der Waals surface area (Å²) in [4.78, 5) is 0. The van der Waals surface area contributed by atoms with Gasteiger partial charge in [-0.15, -0.1) is 0 Å². The Morgan fingerprint density at radius 1 is 2.00 bits per heavy atom. The summed E-state index contributed by atoms with van der Waals surface area (Å²) in [6, 6.07) is 0. The molecule has 0 atom stereocenters. The first-order valence-electron chi connectivity index (χ1n) is 1.62. The van der Waals surface area contributed by atoms with E-state index in [-0.39, 0.29) is 0 Å². The highest BCUT2D eigenvalue weighted by molar-refractivity contribution is 6.89. The molecule has 0 rings (SSSR count). The second-order valence-corrected chi connectivity index (χ2v) is 0.789. The van der Waals surface area contributed by atoms with Gasteiger partial charge in [0.25, 0.3) is 0 Å². The van der Waals surface area contributed by atoms with Crippen LogP contribution in [0.4, 0.5) is 0 Å². The summed E-state index contributed by atoms with van der Waals surface area (Å²) in [5.74, 6) is 0. The second-order valence-electron chi connectivity index (χ2n) is 0.789. The second kappa shape index (κ2) is 3.09. The Kier molecular flexibility index (Phi) is 3.16. The zero-order valence-electron chi connectivity index (χ0n) is 2.99. The minimum Gasteiger partial charge on any atom is -0.339 e. The molecule has 3 heteroatoms. The van der Waals surface area contributed by atoms with Crippen LogP contribution in [0, 0.1) is 0 Å². The number of rotatable bonds is 1. The molecule has 0 unspecified atom stereocenters. The van der Waals surface area contributed by atoms with E-state index in [1.165, 1.54) is 0 Å². The van der Waals surface area contributed by atoms with Crippen LogP contribution in [0.3, 0.4) is 0 Å². The highest BCUT2D eigenvalue weighted by Crippen LogP contribution is 1.24. The van der Waals surface area contributed by atoms with Crippen LogP contribution in [0.25, 0.3) is 0 Å². The summed E-state index contributed by atoms with van der Waals surface area (Å²) in [6.45, 7) is 0. The van der Waals surface area contributed by atoms with Gasteiger partial charge in [-0.1, -0.05) is 0 Å². The van der Waals surface area contributed by atoms with Crippen LogP contribution < -0.4 is 5.73 Å². The van der Waals surface area contributed by atoms with Gasteiger partial charge in [0.2, 0.25) is 0 Å². The molecule has 0 saturated heterocycles. The van der Waals surface area contributed by atoms with Gasteiger partial charge in [-0.3, -0.25) is 0 Å². The Hall–Kier alpha value is 0.0899. The molecule has 0 bridgehead atoms. The summed E-state index contributed by atoms with van der Waals surface area (Å²) in [5.41, 5.74) is 5.03. The third-order valence-corrected chi connectivity index (χ3v) is 0.289. The lowest BCUT2D eigenvalue weighted by Gasteiger charge is -1.65. The van der Waals surface area contributed by atoms with Crippen LogP contribution in [-0.4, -0.2) is 21.4 Å². The van der Waals surface area contributed by atoms with Crippen molar-refractivity contribution in [3.8, 4) is 0 Å². The third-order valence-electron chi connectivity index (χ3n) is 0.289. The molecule has 2 N–H and O–H groups in total. The van der Waals surface area contributed by atoms with Crippen LogP contribution in [0.5, 0.6) is 0 Å². The Bertz CT molecular complexity index is 8.00. The van der Waals surface area contributed by atoms with Gasteiger partial charge in [-0.25, -0.2) is 0 Å². The molecule has 0 heterocycles. The van der Waals surface area contributed by atoms with Crippen molar-refractivity contribution < 1.29 is 0 Å². The van der Waals surface area contributed by atoms with E-state index < -0.39 is 0 Å². The molecule has 1 nitrogen and oxygen atoms in total. The van der Waals surface area contributed by atoms with Crippen LogP contribution in [-0.2, 0) is 0 Å². The van der Waals surface area contributed by atoms with Crippen molar-refractivity contribution in [2.45, 2.75) is 0 Å². The average Bonchev–Trinajstić information content (AvgIpc) is 1.37. The zero-order valence-corrected chi connectivity index (χ0v) is 2.99. The molecular weight excluding hydrogens is 47.6 g/mol. The number of hydrogen-bond donors (Lipinski definition) is 1. The summed E-state index contributed by atoms with van der Waals surface area (Å²) < 4.78 is 0. The van der Waals surface area contributed by atoms with Crippen LogP contribution in [0.15, 0.2) is 0 Å². The van der Waals surface area contributed by atoms with E-state index in [4.69, 9.17) is 5.73 Å². The first-order chi connectivity index (χ1) is 1.91. The number of hydrogen-bond acceptors (Lipinski definition) is 1. The van der Waals surface area contributed by atoms with Crippen LogP contribution in [0.2, 0.25) is 0 Å². The zero-order chi connectivity index (χ0) is 3.41. The molecule has 0 radical (unpaired) electrons. The molecule has 4 heavy (non-hydrogen) atoms. The molecule has 22 valence electrons. The quantitative estimate of drug-likeness (QED) is 0.341. The summed E-state index contributed by atoms with van der Waals surface area (Å²) in [6.07, 6.45) is 0.819. The molecule has 0 amide bonds. The van der Waals surface area contributed by atoms with Crippen molar-refractivity contribution >= 4 is 14.9 Å². The maximum Gasteiger partial charge on any atom is 0.0993 e. The van der Waals surface area contributed by atoms with Crippen molar-refractivity contribution in [2.75, 3.05) is 6.44 Å². The lowest BCUT2D eigenvalue weighted by molar-refractivity contribution is 1.38. The van der Waals surface area contributed by atoms with Crippen molar-refractivity contribution in [1.82, 2.24) is 0 Å². The van der Waals surface area contributed by atoms with E-state index in [1.807, 2.05) is 0 Å². The summed E-state index contributed by atoms with van der Waals surface area (Å²) >= 11 is 0. The highest BCUT2D eigenvalue weighted by atomic mass is 14.5. The lowest BCUT2D eigenvalue weighted by Crippen LogP contribution is -2.07. The molecule has 0 aliphatic heterocycles. The Labute approximate surface area is 28.2 Å². The smallest absolute Gasteiger partial charge is 0.0993 e. The maximum atomic E-state index is 5.03. The fraction of sp³-hybridized carbons (Fsp3) is 1.00. The van der Waals surface area contributed by atoms with Crippen molar-refractivity contribution in [3.63, 3.8) is 0 Å². The van der Waals surface area contributed by atoms with E-state index in [0.717, 1.165) is 13.6 Å². The monoisotopic (exact) mass is 55.1 g/mol. The first kappa shape index (κ1) is 4.09. The SMILES string of the molecule is BBCN. The molecule has 0 aromatic heterocycles. The molecule has 0 saturated carbocycles. The van der Waals surface area contributed by atoms with Gasteiger partial charge < -0.3 is 5.73 Å². The molecule has 0 aromatic rings. The van der Waals surface area contributed by atoms with Crippen molar-refractivity contribution in [3.05, 3.63) is 0 Å². The highest BCUT2D eigenvalue weighted by Gasteiger charge is 1.62. The average molecular weight is 54.7 g/mol. The van der Waals surface area contributed by atoms with E-state index >= 15 is 0 Å². The van der Waals surface area contributed by atoms with Gasteiger partial charge in [0.15, 0.2) is 0 Å². The van der Waals surface area contributed by atoms with Gasteiger partial charge in [0, 0.05) is 0 Å². The molecular formula is CH7B2N. The van der Waals surface area contributed by atoms with Crippen molar-refractivity contribution in [1.29, 1.82) is 0 Å². The maximum absolute atomic E-state index is 5.03. The van der Waals surface area contributed by atoms with E-state index in [9.17, 15) is 0 Å². The van der Waals surface area contributed by atoms with E-state index in [2.05, 4.69) is 7.74 Å². The normalized spacial score (nSPS) is 6.25. The fourth-order valence-corrected chi connectivity index (χ4v) is 0. The summed E-state index contributed by atoms with van der Waals surface area (Å²) in [5, 5.41) is 0. The van der Waals surface area contributed by atoms with Gasteiger partial charge >= 0.3 is 0 Å².